The molecule has 1 atom stereocenters. The van der Waals surface area contributed by atoms with Crippen LogP contribution in [0.4, 0.5) is 4.79 Å². The standard InChI is InChI=1S/C19H21ClN2O5S/c1-2-3-8-26-19(25)22-7-6-14-18(28-11-21-14)17(22)13-9-12(20)4-5-15(13)27-10-16(23)24/h4-5,9,11,17H,2-3,6-8,10H2,1H3,(H,23,24). The second-order valence-electron chi connectivity index (χ2n) is 6.34. The number of thiazole rings is 1. The number of rotatable bonds is 7. The molecular weight excluding hydrogens is 404 g/mol. The van der Waals surface area contributed by atoms with Gasteiger partial charge < -0.3 is 14.6 Å². The first-order valence-corrected chi connectivity index (χ1v) is 10.3. The van der Waals surface area contributed by atoms with E-state index in [-0.39, 0.29) is 0 Å². The number of aromatic nitrogens is 1. The highest BCUT2D eigenvalue weighted by Gasteiger charge is 2.36. The van der Waals surface area contributed by atoms with Crippen LogP contribution >= 0.6 is 22.9 Å². The molecule has 0 radical (unpaired) electrons. The van der Waals surface area contributed by atoms with E-state index < -0.39 is 24.7 Å². The molecular formula is C19H21ClN2O5S. The summed E-state index contributed by atoms with van der Waals surface area (Å²) in [5, 5.41) is 9.44. The van der Waals surface area contributed by atoms with Crippen LogP contribution in [0.15, 0.2) is 23.7 Å². The number of carboxylic acids is 1. The number of benzene rings is 1. The number of fused-ring (bicyclic) bond motifs is 1. The van der Waals surface area contributed by atoms with Gasteiger partial charge in [0.2, 0.25) is 0 Å². The first-order chi connectivity index (χ1) is 13.5. The van der Waals surface area contributed by atoms with Crippen molar-refractivity contribution < 1.29 is 24.2 Å². The number of carboxylic acid groups (broad SMARTS) is 1. The molecule has 9 heteroatoms. The third kappa shape index (κ3) is 4.56. The maximum Gasteiger partial charge on any atom is 0.410 e. The molecule has 0 bridgehead atoms. The Morgan fingerprint density at radius 3 is 3.00 bits per heavy atom. The van der Waals surface area contributed by atoms with E-state index in [4.69, 9.17) is 26.2 Å². The molecule has 1 amide bonds. The van der Waals surface area contributed by atoms with Gasteiger partial charge in [-0.25, -0.2) is 14.6 Å². The maximum absolute atomic E-state index is 12.8. The number of carbonyl (C=O) groups is 2. The lowest BCUT2D eigenvalue weighted by atomic mass is 9.97. The zero-order chi connectivity index (χ0) is 20.1. The summed E-state index contributed by atoms with van der Waals surface area (Å²) in [6.45, 7) is 2.33. The molecule has 1 unspecified atom stereocenters. The van der Waals surface area contributed by atoms with Crippen molar-refractivity contribution in [2.75, 3.05) is 19.8 Å². The van der Waals surface area contributed by atoms with E-state index in [9.17, 15) is 9.59 Å². The molecule has 0 saturated carbocycles. The quantitative estimate of drug-likeness (QED) is 0.672. The van der Waals surface area contributed by atoms with Gasteiger partial charge >= 0.3 is 12.1 Å². The zero-order valence-electron chi connectivity index (χ0n) is 15.4. The number of hydrogen-bond donors (Lipinski definition) is 1. The lowest BCUT2D eigenvalue weighted by Gasteiger charge is -2.35. The summed E-state index contributed by atoms with van der Waals surface area (Å²) in [5.41, 5.74) is 3.27. The fourth-order valence-electron chi connectivity index (χ4n) is 3.08. The Balaban J connectivity index is 1.98. The van der Waals surface area contributed by atoms with Gasteiger partial charge in [0.25, 0.3) is 0 Å². The Morgan fingerprint density at radius 2 is 2.25 bits per heavy atom. The monoisotopic (exact) mass is 424 g/mol. The number of hydrogen-bond acceptors (Lipinski definition) is 6. The average molecular weight is 425 g/mol. The topological polar surface area (TPSA) is 89.0 Å². The number of carbonyl (C=O) groups excluding carboxylic acids is 1. The Hall–Kier alpha value is -2.32. The van der Waals surface area contributed by atoms with Gasteiger partial charge in [-0.3, -0.25) is 4.90 Å². The smallest absolute Gasteiger partial charge is 0.410 e. The minimum atomic E-state index is -1.08. The van der Waals surface area contributed by atoms with Crippen LogP contribution in [-0.2, 0) is 16.0 Å². The van der Waals surface area contributed by atoms with E-state index in [0.29, 0.717) is 35.9 Å². The van der Waals surface area contributed by atoms with Gasteiger partial charge in [0.1, 0.15) is 11.8 Å². The number of ether oxygens (including phenoxy) is 2. The molecule has 28 heavy (non-hydrogen) atoms. The minimum Gasteiger partial charge on any atom is -0.482 e. The van der Waals surface area contributed by atoms with Crippen LogP contribution in [-0.4, -0.2) is 46.8 Å². The highest BCUT2D eigenvalue weighted by molar-refractivity contribution is 7.09. The van der Waals surface area contributed by atoms with E-state index in [1.54, 1.807) is 28.6 Å². The van der Waals surface area contributed by atoms with Gasteiger partial charge in [0.15, 0.2) is 6.61 Å². The van der Waals surface area contributed by atoms with Crippen LogP contribution in [0.3, 0.4) is 0 Å². The fraction of sp³-hybridized carbons (Fsp3) is 0.421. The maximum atomic E-state index is 12.8. The molecule has 7 nitrogen and oxygen atoms in total. The van der Waals surface area contributed by atoms with Crippen LogP contribution < -0.4 is 4.74 Å². The number of halogens is 1. The molecule has 2 aromatic rings. The summed E-state index contributed by atoms with van der Waals surface area (Å²) >= 11 is 7.65. The second kappa shape index (κ2) is 9.25. The summed E-state index contributed by atoms with van der Waals surface area (Å²) in [5.74, 6) is -0.719. The van der Waals surface area contributed by atoms with E-state index in [2.05, 4.69) is 4.98 Å². The summed E-state index contributed by atoms with van der Waals surface area (Å²) in [6.07, 6.45) is 1.93. The first-order valence-electron chi connectivity index (χ1n) is 9.01. The molecule has 0 fully saturated rings. The number of unbranched alkanes of at least 4 members (excludes halogenated alkanes) is 1. The molecule has 1 aromatic carbocycles. The molecule has 1 aliphatic heterocycles. The lowest BCUT2D eigenvalue weighted by Crippen LogP contribution is -2.40. The van der Waals surface area contributed by atoms with Crippen LogP contribution in [0.1, 0.15) is 41.9 Å². The molecule has 0 spiro atoms. The van der Waals surface area contributed by atoms with Crippen molar-refractivity contribution in [3.8, 4) is 5.75 Å². The Kier molecular flexibility index (Phi) is 6.74. The van der Waals surface area contributed by atoms with Gasteiger partial charge in [0.05, 0.1) is 22.7 Å². The fourth-order valence-corrected chi connectivity index (χ4v) is 4.23. The summed E-state index contributed by atoms with van der Waals surface area (Å²) < 4.78 is 10.9. The highest BCUT2D eigenvalue weighted by Crippen LogP contribution is 2.42. The molecule has 2 heterocycles. The highest BCUT2D eigenvalue weighted by atomic mass is 35.5. The lowest BCUT2D eigenvalue weighted by molar-refractivity contribution is -0.139. The molecule has 3 rings (SSSR count). The average Bonchev–Trinajstić information content (AvgIpc) is 3.15. The zero-order valence-corrected chi connectivity index (χ0v) is 17.0. The molecule has 1 aliphatic rings. The summed E-state index contributed by atoms with van der Waals surface area (Å²) in [4.78, 5) is 30.7. The van der Waals surface area contributed by atoms with Crippen molar-refractivity contribution in [1.29, 1.82) is 0 Å². The van der Waals surface area contributed by atoms with Crippen molar-refractivity contribution >= 4 is 35.0 Å². The van der Waals surface area contributed by atoms with Crippen molar-refractivity contribution in [2.24, 2.45) is 0 Å². The molecule has 0 saturated heterocycles. The number of nitrogens with zero attached hydrogens (tertiary/aromatic N) is 2. The van der Waals surface area contributed by atoms with E-state index in [0.717, 1.165) is 23.4 Å². The van der Waals surface area contributed by atoms with Gasteiger partial charge in [-0.15, -0.1) is 11.3 Å². The first kappa shape index (κ1) is 20.4. The molecule has 1 N–H and O–H groups in total. The van der Waals surface area contributed by atoms with Crippen LogP contribution in [0, 0.1) is 0 Å². The predicted octanol–water partition coefficient (Wildman–Crippen LogP) is 4.14. The number of aliphatic carboxylic acids is 1. The Bertz CT molecular complexity index is 857. The van der Waals surface area contributed by atoms with Crippen molar-refractivity contribution in [1.82, 2.24) is 9.88 Å². The summed E-state index contributed by atoms with van der Waals surface area (Å²) in [7, 11) is 0. The third-order valence-corrected chi connectivity index (χ3v) is 5.56. The number of amides is 1. The van der Waals surface area contributed by atoms with Crippen molar-refractivity contribution in [3.05, 3.63) is 44.9 Å². The largest absolute Gasteiger partial charge is 0.482 e. The SMILES string of the molecule is CCCCOC(=O)N1CCc2ncsc2C1c1cc(Cl)ccc1OCC(=O)O. The Labute approximate surface area is 171 Å². The summed E-state index contributed by atoms with van der Waals surface area (Å²) in [6, 6.07) is 4.46. The van der Waals surface area contributed by atoms with Gasteiger partial charge in [-0.1, -0.05) is 24.9 Å². The van der Waals surface area contributed by atoms with Crippen LogP contribution in [0.5, 0.6) is 5.75 Å². The normalized spacial score (nSPS) is 15.8. The van der Waals surface area contributed by atoms with Gasteiger partial charge in [-0.2, -0.15) is 0 Å². The van der Waals surface area contributed by atoms with Gasteiger partial charge in [-0.05, 0) is 24.6 Å². The Morgan fingerprint density at radius 1 is 1.43 bits per heavy atom. The predicted molar refractivity (Wildman–Crippen MR) is 105 cm³/mol. The van der Waals surface area contributed by atoms with E-state index >= 15 is 0 Å². The van der Waals surface area contributed by atoms with Crippen molar-refractivity contribution in [2.45, 2.75) is 32.2 Å². The minimum absolute atomic E-state index is 0.353. The molecule has 150 valence electrons. The van der Waals surface area contributed by atoms with Gasteiger partial charge in [0, 0.05) is 23.6 Å². The van der Waals surface area contributed by atoms with Crippen LogP contribution in [0.25, 0.3) is 0 Å². The third-order valence-electron chi connectivity index (χ3n) is 4.40. The molecule has 1 aromatic heterocycles. The molecule has 0 aliphatic carbocycles. The van der Waals surface area contributed by atoms with Crippen LogP contribution in [0.2, 0.25) is 5.02 Å². The second-order valence-corrected chi connectivity index (χ2v) is 7.66. The van der Waals surface area contributed by atoms with Crippen molar-refractivity contribution in [3.63, 3.8) is 0 Å². The van der Waals surface area contributed by atoms with E-state index in [1.165, 1.54) is 11.3 Å². The van der Waals surface area contributed by atoms with E-state index in [1.807, 2.05) is 6.92 Å².